The van der Waals surface area contributed by atoms with E-state index in [0.717, 1.165) is 4.88 Å². The first kappa shape index (κ1) is 24.2. The largest absolute Gasteiger partial charge is 0.429 e. The van der Waals surface area contributed by atoms with Crippen LogP contribution >= 0.6 is 22.7 Å². The zero-order chi connectivity index (χ0) is 22.2. The van der Waals surface area contributed by atoms with Gasteiger partial charge in [-0.1, -0.05) is 38.1 Å². The Balaban J connectivity index is 0.000000297. The fourth-order valence-corrected chi connectivity index (χ4v) is 4.44. The first-order valence-electron chi connectivity index (χ1n) is 9.46. The zero-order valence-corrected chi connectivity index (χ0v) is 18.8. The van der Waals surface area contributed by atoms with Crippen molar-refractivity contribution in [3.8, 4) is 15.5 Å². The number of hydrogen-bond acceptors (Lipinski definition) is 5. The number of para-hydroxylation sites is 1. The van der Waals surface area contributed by atoms with E-state index in [2.05, 4.69) is 16.9 Å². The molecule has 0 radical (unpaired) electrons. The van der Waals surface area contributed by atoms with Crippen molar-refractivity contribution in [2.75, 3.05) is 0 Å². The van der Waals surface area contributed by atoms with Crippen LogP contribution in [0.1, 0.15) is 32.1 Å². The van der Waals surface area contributed by atoms with Crippen LogP contribution in [0.2, 0.25) is 0 Å². The minimum Gasteiger partial charge on any atom is -0.429 e. The Morgan fingerprint density at radius 1 is 1.03 bits per heavy atom. The second-order valence-corrected chi connectivity index (χ2v) is 9.72. The van der Waals surface area contributed by atoms with Crippen LogP contribution < -0.4 is 4.74 Å². The van der Waals surface area contributed by atoms with Crippen molar-refractivity contribution in [2.45, 2.75) is 45.6 Å². The minimum atomic E-state index is -2.74. The number of hydrogen-bond donors (Lipinski definition) is 1. The van der Waals surface area contributed by atoms with Crippen LogP contribution in [-0.2, 0) is 11.2 Å². The van der Waals surface area contributed by atoms with E-state index in [1.54, 1.807) is 60.8 Å². The van der Waals surface area contributed by atoms with Gasteiger partial charge in [-0.3, -0.25) is 4.79 Å². The van der Waals surface area contributed by atoms with Crippen LogP contribution in [0.5, 0.6) is 5.75 Å². The number of carbonyl (C=O) groups is 1. The monoisotopic (exact) mass is 452 g/mol. The van der Waals surface area contributed by atoms with Crippen LogP contribution in [0.15, 0.2) is 60.0 Å². The maximum absolute atomic E-state index is 13.0. The van der Waals surface area contributed by atoms with Gasteiger partial charge >= 0.3 is 0 Å². The van der Waals surface area contributed by atoms with Gasteiger partial charge in [-0.25, -0.2) is 8.78 Å². The van der Waals surface area contributed by atoms with Crippen LogP contribution in [0.3, 0.4) is 0 Å². The Morgan fingerprint density at radius 3 is 2.30 bits per heavy atom. The minimum absolute atomic E-state index is 0.412. The van der Waals surface area contributed by atoms with Crippen molar-refractivity contribution in [1.82, 2.24) is 0 Å². The summed E-state index contributed by atoms with van der Waals surface area (Å²) in [6.45, 7) is 5.04. The molecule has 2 heterocycles. The summed E-state index contributed by atoms with van der Waals surface area (Å²) < 4.78 is 30.5. The third kappa shape index (κ3) is 6.45. The normalized spacial score (nSPS) is 13.3. The summed E-state index contributed by atoms with van der Waals surface area (Å²) in [5.74, 6) is 0.576. The van der Waals surface area contributed by atoms with E-state index in [1.165, 1.54) is 16.7 Å². The molecule has 3 rings (SSSR count). The molecule has 0 aliphatic heterocycles. The first-order valence-corrected chi connectivity index (χ1v) is 11.2. The number of benzene rings is 1. The summed E-state index contributed by atoms with van der Waals surface area (Å²) in [6, 6.07) is 17.1. The Kier molecular flexibility index (Phi) is 8.70. The topological polar surface area (TPSA) is 46.5 Å². The van der Waals surface area contributed by atoms with E-state index in [4.69, 9.17) is 0 Å². The molecule has 1 unspecified atom stereocenters. The van der Waals surface area contributed by atoms with E-state index >= 15 is 0 Å². The summed E-state index contributed by atoms with van der Waals surface area (Å²) in [4.78, 5) is 13.3. The number of aliphatic hydroxyl groups is 1. The molecule has 3 nitrogen and oxygen atoms in total. The molecule has 0 aliphatic carbocycles. The second-order valence-electron chi connectivity index (χ2n) is 7.60. The van der Waals surface area contributed by atoms with E-state index in [-0.39, 0.29) is 0 Å². The molecule has 1 N–H and O–H groups in total. The highest BCUT2D eigenvalue weighted by Crippen LogP contribution is 2.40. The number of thiophene rings is 2. The number of alkyl halides is 2. The lowest BCUT2D eigenvalue weighted by Gasteiger charge is -2.39. The fraction of sp³-hybridized carbons (Fsp3) is 0.348. The van der Waals surface area contributed by atoms with E-state index in [9.17, 15) is 18.7 Å². The Labute approximate surface area is 184 Å². The first-order chi connectivity index (χ1) is 14.2. The Hall–Kier alpha value is -2.09. The number of aryl methyl sites for hydroxylation is 1. The lowest BCUT2D eigenvalue weighted by molar-refractivity contribution is -0.154. The molecule has 0 aliphatic rings. The average Bonchev–Trinajstić information content (AvgIpc) is 3.39. The maximum atomic E-state index is 13.0. The van der Waals surface area contributed by atoms with Gasteiger partial charge in [-0.05, 0) is 60.9 Å². The molecule has 162 valence electrons. The molecule has 30 heavy (non-hydrogen) atoms. The average molecular weight is 453 g/mol. The molecule has 0 fully saturated rings. The van der Waals surface area contributed by atoms with Crippen LogP contribution in [0, 0.1) is 5.41 Å². The molecule has 2 aromatic heterocycles. The number of ether oxygens (including phenoxy) is 1. The molecule has 0 spiro atoms. The van der Waals surface area contributed by atoms with E-state index in [1.807, 2.05) is 23.6 Å². The highest BCUT2D eigenvalue weighted by molar-refractivity contribution is 7.21. The van der Waals surface area contributed by atoms with Crippen molar-refractivity contribution in [2.24, 2.45) is 5.41 Å². The van der Waals surface area contributed by atoms with E-state index in [0.29, 0.717) is 25.1 Å². The predicted molar refractivity (Wildman–Crippen MR) is 119 cm³/mol. The van der Waals surface area contributed by atoms with Gasteiger partial charge in [0.15, 0.2) is 0 Å². The van der Waals surface area contributed by atoms with Crippen LogP contribution in [-0.4, -0.2) is 23.6 Å². The van der Waals surface area contributed by atoms with Crippen molar-refractivity contribution in [3.63, 3.8) is 0 Å². The van der Waals surface area contributed by atoms with Crippen LogP contribution in [0.4, 0.5) is 8.78 Å². The highest BCUT2D eigenvalue weighted by atomic mass is 32.1. The summed E-state index contributed by atoms with van der Waals surface area (Å²) in [5, 5.41) is 12.0. The summed E-state index contributed by atoms with van der Waals surface area (Å²) >= 11 is 3.38. The van der Waals surface area contributed by atoms with Gasteiger partial charge in [0.05, 0.1) is 0 Å². The predicted octanol–water partition coefficient (Wildman–Crippen LogP) is 6.67. The van der Waals surface area contributed by atoms with Gasteiger partial charge in [-0.15, -0.1) is 22.7 Å². The quantitative estimate of drug-likeness (QED) is 0.388. The maximum Gasteiger partial charge on any atom is 0.298 e. The molecule has 0 amide bonds. The van der Waals surface area contributed by atoms with Gasteiger partial charge < -0.3 is 9.84 Å². The molecule has 1 atom stereocenters. The Morgan fingerprint density at radius 2 is 1.73 bits per heavy atom. The SMILES string of the molecule is CC(C)(CCc1ccc(-c2cccs2)s1)C(C)(O)C(F)F.O=COc1ccccc1. The van der Waals surface area contributed by atoms with Crippen molar-refractivity contribution in [3.05, 3.63) is 64.9 Å². The Bertz CT molecular complexity index is 888. The lowest BCUT2D eigenvalue weighted by atomic mass is 9.73. The standard InChI is InChI=1S/C16H20F2OS2.C7H6O2/c1-15(2,16(3,19)14(17)18)9-8-11-6-7-13(21-11)12-5-4-10-20-12;8-6-9-7-4-2-1-3-5-7/h4-7,10,14,19H,8-9H2,1-3H3;1-6H. The van der Waals surface area contributed by atoms with E-state index < -0.39 is 17.4 Å². The summed E-state index contributed by atoms with van der Waals surface area (Å²) in [7, 11) is 0. The lowest BCUT2D eigenvalue weighted by Crippen LogP contribution is -2.48. The number of rotatable bonds is 8. The fourth-order valence-electron chi connectivity index (χ4n) is 2.60. The van der Waals surface area contributed by atoms with Crippen LogP contribution in [0.25, 0.3) is 9.75 Å². The smallest absolute Gasteiger partial charge is 0.298 e. The van der Waals surface area contributed by atoms with Gasteiger partial charge in [0.25, 0.3) is 12.9 Å². The molecular formula is C23H26F2O3S2. The van der Waals surface area contributed by atoms with Gasteiger partial charge in [0, 0.05) is 14.6 Å². The van der Waals surface area contributed by atoms with Gasteiger partial charge in [0.2, 0.25) is 0 Å². The third-order valence-corrected chi connectivity index (χ3v) is 7.36. The molecule has 0 saturated heterocycles. The number of carbonyl (C=O) groups excluding carboxylic acids is 1. The molecule has 3 aromatic rings. The third-order valence-electron chi connectivity index (χ3n) is 5.14. The number of halogens is 2. The van der Waals surface area contributed by atoms with Crippen molar-refractivity contribution in [1.29, 1.82) is 0 Å². The zero-order valence-electron chi connectivity index (χ0n) is 17.2. The summed E-state index contributed by atoms with van der Waals surface area (Å²) in [6.07, 6.45) is -1.52. The molecule has 0 saturated carbocycles. The summed E-state index contributed by atoms with van der Waals surface area (Å²) in [5.41, 5.74) is -2.81. The highest BCUT2D eigenvalue weighted by Gasteiger charge is 2.46. The van der Waals surface area contributed by atoms with Crippen molar-refractivity contribution >= 4 is 29.1 Å². The molecule has 1 aromatic carbocycles. The van der Waals surface area contributed by atoms with Crippen molar-refractivity contribution < 1.29 is 23.4 Å². The second kappa shape index (κ2) is 10.8. The van der Waals surface area contributed by atoms with Gasteiger partial charge in [0.1, 0.15) is 11.4 Å². The molecule has 7 heteroatoms. The van der Waals surface area contributed by atoms with Gasteiger partial charge in [-0.2, -0.15) is 0 Å². The molecular weight excluding hydrogens is 426 g/mol. The molecule has 0 bridgehead atoms.